The van der Waals surface area contributed by atoms with Crippen LogP contribution in [0.1, 0.15) is 35.8 Å². The molecule has 0 aliphatic carbocycles. The first-order chi connectivity index (χ1) is 10.1. The number of nitrogens with zero attached hydrogens (tertiary/aromatic N) is 2. The van der Waals surface area contributed by atoms with Crippen molar-refractivity contribution in [3.63, 3.8) is 0 Å². The molecule has 7 nitrogen and oxygen atoms in total. The van der Waals surface area contributed by atoms with Gasteiger partial charge in [0, 0.05) is 42.7 Å². The minimum atomic E-state index is -0.208. The molecule has 2 aromatic rings. The summed E-state index contributed by atoms with van der Waals surface area (Å²) >= 11 is 0. The summed E-state index contributed by atoms with van der Waals surface area (Å²) in [7, 11) is 0. The van der Waals surface area contributed by atoms with Crippen molar-refractivity contribution in [3.05, 3.63) is 39.8 Å². The van der Waals surface area contributed by atoms with E-state index in [2.05, 4.69) is 20.2 Å². The van der Waals surface area contributed by atoms with Gasteiger partial charge in [0.2, 0.25) is 5.91 Å². The van der Waals surface area contributed by atoms with Crippen LogP contribution in [0, 0.1) is 6.92 Å². The average Bonchev–Trinajstić information content (AvgIpc) is 3.13. The summed E-state index contributed by atoms with van der Waals surface area (Å²) in [5.74, 6) is 1.19. The summed E-state index contributed by atoms with van der Waals surface area (Å²) < 4.78 is 0. The normalized spacial score (nSPS) is 18.9. The van der Waals surface area contributed by atoms with Crippen molar-refractivity contribution in [1.29, 1.82) is 0 Å². The molecule has 1 aliphatic rings. The second-order valence-electron chi connectivity index (χ2n) is 5.51. The Labute approximate surface area is 121 Å². The molecule has 2 aromatic heterocycles. The number of rotatable bonds is 3. The Kier molecular flexibility index (Phi) is 3.64. The molecule has 1 fully saturated rings. The molecule has 1 atom stereocenters. The molecule has 1 amide bonds. The van der Waals surface area contributed by atoms with Crippen LogP contribution in [0.15, 0.2) is 17.2 Å². The predicted octanol–water partition coefficient (Wildman–Crippen LogP) is 0.683. The lowest BCUT2D eigenvalue weighted by molar-refractivity contribution is -0.131. The van der Waals surface area contributed by atoms with E-state index in [1.54, 1.807) is 19.3 Å². The zero-order valence-corrected chi connectivity index (χ0v) is 12.0. The highest BCUT2D eigenvalue weighted by molar-refractivity contribution is 5.79. The van der Waals surface area contributed by atoms with Gasteiger partial charge in [0.25, 0.3) is 5.56 Å². The number of likely N-dealkylation sites (tertiary alicyclic amines) is 1. The first kappa shape index (κ1) is 13.7. The van der Waals surface area contributed by atoms with Crippen LogP contribution < -0.4 is 5.56 Å². The lowest BCUT2D eigenvalue weighted by Crippen LogP contribution is -2.40. The van der Waals surface area contributed by atoms with E-state index in [0.717, 1.165) is 30.9 Å². The van der Waals surface area contributed by atoms with Gasteiger partial charge >= 0.3 is 0 Å². The van der Waals surface area contributed by atoms with Crippen LogP contribution in [-0.4, -0.2) is 44.1 Å². The Morgan fingerprint density at radius 1 is 1.48 bits per heavy atom. The first-order valence-corrected chi connectivity index (χ1v) is 7.18. The molecule has 3 N–H and O–H groups in total. The molecule has 0 radical (unpaired) electrons. The number of hydrogen-bond donors (Lipinski definition) is 3. The number of imidazole rings is 1. The lowest BCUT2D eigenvalue weighted by Gasteiger charge is -2.31. The number of piperidine rings is 1. The van der Waals surface area contributed by atoms with Gasteiger partial charge in [-0.25, -0.2) is 4.98 Å². The zero-order chi connectivity index (χ0) is 14.8. The Bertz CT molecular complexity index is 670. The fourth-order valence-electron chi connectivity index (χ4n) is 2.88. The molecular formula is C14H19N5O2. The maximum Gasteiger partial charge on any atom is 0.267 e. The van der Waals surface area contributed by atoms with E-state index in [1.807, 2.05) is 4.90 Å². The fraction of sp³-hybridized carbons (Fsp3) is 0.500. The average molecular weight is 289 g/mol. The molecular weight excluding hydrogens is 270 g/mol. The van der Waals surface area contributed by atoms with Gasteiger partial charge in [-0.2, -0.15) is 0 Å². The monoisotopic (exact) mass is 289 g/mol. The number of carbonyl (C=O) groups is 1. The number of aryl methyl sites for hydroxylation is 1. The van der Waals surface area contributed by atoms with Gasteiger partial charge < -0.3 is 15.0 Å². The van der Waals surface area contributed by atoms with Crippen molar-refractivity contribution in [2.45, 2.75) is 32.1 Å². The number of hydrogen-bond acceptors (Lipinski definition) is 3. The van der Waals surface area contributed by atoms with Crippen LogP contribution in [0.2, 0.25) is 0 Å². The third-order valence-electron chi connectivity index (χ3n) is 4.10. The van der Waals surface area contributed by atoms with E-state index in [4.69, 9.17) is 0 Å². The van der Waals surface area contributed by atoms with Crippen molar-refractivity contribution in [1.82, 2.24) is 25.1 Å². The van der Waals surface area contributed by atoms with Gasteiger partial charge in [0.15, 0.2) is 0 Å². The van der Waals surface area contributed by atoms with Gasteiger partial charge in [-0.15, -0.1) is 0 Å². The molecule has 3 heterocycles. The first-order valence-electron chi connectivity index (χ1n) is 7.18. The van der Waals surface area contributed by atoms with E-state index in [1.165, 1.54) is 0 Å². The Balaban J connectivity index is 1.69. The summed E-state index contributed by atoms with van der Waals surface area (Å²) in [5.41, 5.74) is 1.05. The maximum atomic E-state index is 12.4. The third kappa shape index (κ3) is 2.76. The summed E-state index contributed by atoms with van der Waals surface area (Å²) in [5, 5.41) is 5.26. The smallest absolute Gasteiger partial charge is 0.267 e. The molecule has 3 rings (SSSR count). The molecule has 0 bridgehead atoms. The van der Waals surface area contributed by atoms with Crippen molar-refractivity contribution in [2.75, 3.05) is 13.1 Å². The SMILES string of the molecule is Cc1[nH][nH]c(=O)c1CC(=O)N1CCC[C@H](c2ncc[nH]2)C1. The molecule has 0 aromatic carbocycles. The Morgan fingerprint density at radius 2 is 2.33 bits per heavy atom. The largest absolute Gasteiger partial charge is 0.348 e. The van der Waals surface area contributed by atoms with E-state index >= 15 is 0 Å². The topological polar surface area (TPSA) is 97.6 Å². The second-order valence-corrected chi connectivity index (χ2v) is 5.51. The van der Waals surface area contributed by atoms with Gasteiger partial charge in [-0.1, -0.05) is 0 Å². The van der Waals surface area contributed by atoms with E-state index in [0.29, 0.717) is 12.1 Å². The standard InChI is InChI=1S/C14H19N5O2/c1-9-11(14(21)18-17-9)7-12(20)19-6-2-3-10(8-19)13-15-4-5-16-13/h4-5,10H,2-3,6-8H2,1H3,(H,15,16)(H2,17,18,21)/t10-/m0/s1. The lowest BCUT2D eigenvalue weighted by atomic mass is 9.97. The molecule has 0 saturated carbocycles. The van der Waals surface area contributed by atoms with Crippen molar-refractivity contribution >= 4 is 5.91 Å². The number of amides is 1. The minimum absolute atomic E-state index is 0.000504. The molecule has 21 heavy (non-hydrogen) atoms. The van der Waals surface area contributed by atoms with Crippen LogP contribution >= 0.6 is 0 Å². The molecule has 0 spiro atoms. The van der Waals surface area contributed by atoms with Crippen LogP contribution in [0.5, 0.6) is 0 Å². The van der Waals surface area contributed by atoms with Crippen molar-refractivity contribution < 1.29 is 4.79 Å². The Hall–Kier alpha value is -2.31. The fourth-order valence-corrected chi connectivity index (χ4v) is 2.88. The number of aromatic nitrogens is 4. The highest BCUT2D eigenvalue weighted by atomic mass is 16.2. The van der Waals surface area contributed by atoms with Crippen LogP contribution in [0.25, 0.3) is 0 Å². The van der Waals surface area contributed by atoms with E-state index in [-0.39, 0.29) is 23.8 Å². The number of nitrogens with one attached hydrogen (secondary N) is 3. The van der Waals surface area contributed by atoms with Crippen LogP contribution in [0.3, 0.4) is 0 Å². The molecule has 1 aliphatic heterocycles. The minimum Gasteiger partial charge on any atom is -0.348 e. The van der Waals surface area contributed by atoms with E-state index in [9.17, 15) is 9.59 Å². The molecule has 7 heteroatoms. The highest BCUT2D eigenvalue weighted by Gasteiger charge is 2.26. The third-order valence-corrected chi connectivity index (χ3v) is 4.10. The summed E-state index contributed by atoms with van der Waals surface area (Å²) in [6.45, 7) is 3.20. The quantitative estimate of drug-likeness (QED) is 0.775. The number of aromatic amines is 3. The van der Waals surface area contributed by atoms with Gasteiger partial charge in [0.05, 0.1) is 6.42 Å². The van der Waals surface area contributed by atoms with E-state index < -0.39 is 0 Å². The predicted molar refractivity (Wildman–Crippen MR) is 77.0 cm³/mol. The van der Waals surface area contributed by atoms with Crippen molar-refractivity contribution in [3.8, 4) is 0 Å². The van der Waals surface area contributed by atoms with Crippen LogP contribution in [0.4, 0.5) is 0 Å². The van der Waals surface area contributed by atoms with Gasteiger partial charge in [0.1, 0.15) is 5.82 Å². The van der Waals surface area contributed by atoms with Crippen LogP contribution in [-0.2, 0) is 11.2 Å². The number of H-pyrrole nitrogens is 3. The van der Waals surface area contributed by atoms with Gasteiger partial charge in [-0.05, 0) is 19.8 Å². The summed E-state index contributed by atoms with van der Waals surface area (Å²) in [6, 6.07) is 0. The Morgan fingerprint density at radius 3 is 3.00 bits per heavy atom. The maximum absolute atomic E-state index is 12.4. The highest BCUT2D eigenvalue weighted by Crippen LogP contribution is 2.24. The summed E-state index contributed by atoms with van der Waals surface area (Å²) in [6.07, 6.45) is 5.67. The molecule has 112 valence electrons. The summed E-state index contributed by atoms with van der Waals surface area (Å²) in [4.78, 5) is 33.3. The number of carbonyl (C=O) groups excluding carboxylic acids is 1. The zero-order valence-electron chi connectivity index (χ0n) is 12.0. The van der Waals surface area contributed by atoms with Crippen molar-refractivity contribution in [2.24, 2.45) is 0 Å². The molecule has 1 saturated heterocycles. The molecule has 0 unspecified atom stereocenters. The van der Waals surface area contributed by atoms with Gasteiger partial charge in [-0.3, -0.25) is 14.7 Å². The second kappa shape index (κ2) is 5.59.